The number of hydrogen-bond donors (Lipinski definition) is 3. The average Bonchev–Trinajstić information content (AvgIpc) is 3.14. The molecule has 0 saturated carbocycles. The highest BCUT2D eigenvalue weighted by Gasteiger charge is 2.23. The Kier molecular flexibility index (Phi) is 41.1. The van der Waals surface area contributed by atoms with Gasteiger partial charge >= 0.3 is 0 Å². The molecule has 0 atom stereocenters. The number of nitrogens with one attached hydrogen (secondary N) is 2. The number of carbonyl (C=O) groups excluding carboxylic acids is 3. The van der Waals surface area contributed by atoms with Crippen molar-refractivity contribution in [2.75, 3.05) is 32.7 Å². The molecule has 0 aromatic heterocycles. The highest BCUT2D eigenvalue weighted by Crippen LogP contribution is 2.16. The summed E-state index contributed by atoms with van der Waals surface area (Å²) in [4.78, 5) is 40.5. The second kappa shape index (κ2) is 42.3. The molecule has 0 bridgehead atoms. The molecule has 0 saturated heterocycles. The minimum absolute atomic E-state index is 0.154. The number of imide groups is 1. The Morgan fingerprint density at radius 2 is 0.731 bits per heavy atom. The summed E-state index contributed by atoms with van der Waals surface area (Å²) < 4.78 is 0. The van der Waals surface area contributed by atoms with Gasteiger partial charge in [0.25, 0.3) is 0 Å². The summed E-state index contributed by atoms with van der Waals surface area (Å²) in [5.74, 6) is -0.604. The zero-order valence-corrected chi connectivity index (χ0v) is 35.0. The van der Waals surface area contributed by atoms with Crippen molar-refractivity contribution < 1.29 is 14.4 Å². The van der Waals surface area contributed by atoms with Crippen LogP contribution in [-0.4, -0.2) is 55.3 Å². The van der Waals surface area contributed by atoms with Gasteiger partial charge in [0, 0.05) is 19.4 Å². The predicted molar refractivity (Wildman–Crippen MR) is 225 cm³/mol. The SMILES string of the molecule is CCCCCCCCCCCCCCCCCC(=O)N(CC(=O)NCCCNCCCCN)C(=O)CCCCCCCCCCCCCCCCC. The predicted octanol–water partition coefficient (Wildman–Crippen LogP) is 11.7. The van der Waals surface area contributed by atoms with E-state index in [0.29, 0.717) is 25.9 Å². The Bertz CT molecular complexity index is 732. The zero-order chi connectivity index (χ0) is 38.0. The minimum atomic E-state index is -0.238. The molecule has 52 heavy (non-hydrogen) atoms. The van der Waals surface area contributed by atoms with Crippen LogP contribution in [0.1, 0.15) is 239 Å². The van der Waals surface area contributed by atoms with Crippen molar-refractivity contribution in [3.8, 4) is 0 Å². The van der Waals surface area contributed by atoms with E-state index >= 15 is 0 Å². The molecule has 0 unspecified atom stereocenters. The molecule has 3 amide bonds. The molecule has 0 aliphatic heterocycles. The van der Waals surface area contributed by atoms with Crippen molar-refractivity contribution in [1.82, 2.24) is 15.5 Å². The fourth-order valence-corrected chi connectivity index (χ4v) is 7.04. The molecule has 0 aromatic carbocycles. The lowest BCUT2D eigenvalue weighted by atomic mass is 10.0. The van der Waals surface area contributed by atoms with E-state index in [-0.39, 0.29) is 24.3 Å². The maximum Gasteiger partial charge on any atom is 0.240 e. The van der Waals surface area contributed by atoms with Gasteiger partial charge in [0.1, 0.15) is 6.54 Å². The first-order chi connectivity index (χ1) is 25.6. The van der Waals surface area contributed by atoms with Gasteiger partial charge in [-0.1, -0.05) is 194 Å². The Hall–Kier alpha value is -1.47. The first kappa shape index (κ1) is 50.5. The van der Waals surface area contributed by atoms with E-state index < -0.39 is 0 Å². The smallest absolute Gasteiger partial charge is 0.240 e. The summed E-state index contributed by atoms with van der Waals surface area (Å²) in [5.41, 5.74) is 5.55. The molecule has 0 spiro atoms. The van der Waals surface area contributed by atoms with Crippen LogP contribution in [0.2, 0.25) is 0 Å². The van der Waals surface area contributed by atoms with Crippen LogP contribution in [0, 0.1) is 0 Å². The number of carbonyl (C=O) groups is 3. The van der Waals surface area contributed by atoms with Gasteiger partial charge in [-0.3, -0.25) is 19.3 Å². The number of nitrogens with zero attached hydrogens (tertiary/aromatic N) is 1. The van der Waals surface area contributed by atoms with Crippen LogP contribution in [0.3, 0.4) is 0 Å². The topological polar surface area (TPSA) is 105 Å². The average molecular weight is 735 g/mol. The fourth-order valence-electron chi connectivity index (χ4n) is 7.04. The summed E-state index contributed by atoms with van der Waals surface area (Å²) in [7, 11) is 0. The number of unbranched alkanes of at least 4 members (excludes halogenated alkanes) is 29. The van der Waals surface area contributed by atoms with E-state index in [4.69, 9.17) is 5.73 Å². The maximum absolute atomic E-state index is 13.2. The summed E-state index contributed by atoms with van der Waals surface area (Å²) >= 11 is 0. The Morgan fingerprint density at radius 1 is 0.404 bits per heavy atom. The lowest BCUT2D eigenvalue weighted by Crippen LogP contribution is -2.44. The van der Waals surface area contributed by atoms with E-state index in [1.807, 2.05) is 0 Å². The van der Waals surface area contributed by atoms with Crippen LogP contribution in [0.25, 0.3) is 0 Å². The summed E-state index contributed by atoms with van der Waals surface area (Å²) in [6.07, 6.45) is 41.9. The molecule has 0 aromatic rings. The molecule has 0 aliphatic rings. The number of hydrogen-bond acceptors (Lipinski definition) is 5. The van der Waals surface area contributed by atoms with E-state index in [1.54, 1.807) is 0 Å². The fraction of sp³-hybridized carbons (Fsp3) is 0.933. The van der Waals surface area contributed by atoms with E-state index in [9.17, 15) is 14.4 Å². The Balaban J connectivity index is 4.29. The Labute approximate surface area is 323 Å². The molecule has 0 fully saturated rings. The summed E-state index contributed by atoms with van der Waals surface area (Å²) in [6, 6.07) is 0. The van der Waals surface area contributed by atoms with Crippen LogP contribution in [-0.2, 0) is 14.4 Å². The standard InChI is InChI=1S/C45H90N4O3/c1-3-5-7-9-11-13-15-17-19-21-23-25-27-29-31-36-44(51)49(42-43(50)48-41-35-40-47-39-34-33-38-46)45(52)37-32-30-28-26-24-22-20-18-16-14-12-10-8-6-4-2/h47H,3-42,46H2,1-2H3,(H,48,50). The van der Waals surface area contributed by atoms with Gasteiger partial charge in [0.05, 0.1) is 0 Å². The molecule has 0 heterocycles. The maximum atomic E-state index is 13.2. The van der Waals surface area contributed by atoms with Crippen molar-refractivity contribution in [2.45, 2.75) is 239 Å². The van der Waals surface area contributed by atoms with Crippen molar-refractivity contribution in [1.29, 1.82) is 0 Å². The third kappa shape index (κ3) is 36.9. The van der Waals surface area contributed by atoms with Crippen LogP contribution in [0.15, 0.2) is 0 Å². The minimum Gasteiger partial charge on any atom is -0.354 e. The molecule has 0 radical (unpaired) electrons. The van der Waals surface area contributed by atoms with E-state index in [1.165, 1.54) is 159 Å². The molecule has 308 valence electrons. The molecular weight excluding hydrogens is 645 g/mol. The van der Waals surface area contributed by atoms with Crippen LogP contribution >= 0.6 is 0 Å². The third-order valence-corrected chi connectivity index (χ3v) is 10.6. The van der Waals surface area contributed by atoms with Crippen molar-refractivity contribution in [2.24, 2.45) is 5.73 Å². The molecular formula is C45H90N4O3. The first-order valence-electron chi connectivity index (χ1n) is 23.1. The first-order valence-corrected chi connectivity index (χ1v) is 23.1. The van der Waals surface area contributed by atoms with E-state index in [0.717, 1.165) is 70.9 Å². The monoisotopic (exact) mass is 735 g/mol. The largest absolute Gasteiger partial charge is 0.354 e. The molecule has 0 aliphatic carbocycles. The van der Waals surface area contributed by atoms with E-state index in [2.05, 4.69) is 24.5 Å². The van der Waals surface area contributed by atoms with Gasteiger partial charge in [0.2, 0.25) is 17.7 Å². The van der Waals surface area contributed by atoms with Crippen molar-refractivity contribution >= 4 is 17.7 Å². The molecule has 7 nitrogen and oxygen atoms in total. The number of rotatable bonds is 42. The lowest BCUT2D eigenvalue weighted by Gasteiger charge is -2.21. The van der Waals surface area contributed by atoms with Gasteiger partial charge in [-0.05, 0) is 51.7 Å². The quantitative estimate of drug-likeness (QED) is 0.0542. The van der Waals surface area contributed by atoms with Gasteiger partial charge < -0.3 is 16.4 Å². The van der Waals surface area contributed by atoms with Gasteiger partial charge in [-0.25, -0.2) is 0 Å². The van der Waals surface area contributed by atoms with Gasteiger partial charge in [-0.15, -0.1) is 0 Å². The second-order valence-electron chi connectivity index (χ2n) is 15.7. The Morgan fingerprint density at radius 3 is 1.08 bits per heavy atom. The molecule has 0 rings (SSSR count). The summed E-state index contributed by atoms with van der Waals surface area (Å²) in [6.45, 7) is 7.40. The highest BCUT2D eigenvalue weighted by molar-refractivity contribution is 5.98. The molecule has 4 N–H and O–H groups in total. The number of nitrogens with two attached hydrogens (primary N) is 1. The van der Waals surface area contributed by atoms with Crippen molar-refractivity contribution in [3.63, 3.8) is 0 Å². The van der Waals surface area contributed by atoms with Crippen molar-refractivity contribution in [3.05, 3.63) is 0 Å². The normalized spacial score (nSPS) is 11.3. The van der Waals surface area contributed by atoms with Gasteiger partial charge in [-0.2, -0.15) is 0 Å². The van der Waals surface area contributed by atoms with Gasteiger partial charge in [0.15, 0.2) is 0 Å². The second-order valence-corrected chi connectivity index (χ2v) is 15.7. The highest BCUT2D eigenvalue weighted by atomic mass is 16.2. The lowest BCUT2D eigenvalue weighted by molar-refractivity contribution is -0.148. The van der Waals surface area contributed by atoms with Crippen LogP contribution < -0.4 is 16.4 Å². The third-order valence-electron chi connectivity index (χ3n) is 10.6. The van der Waals surface area contributed by atoms with Crippen LogP contribution in [0.5, 0.6) is 0 Å². The zero-order valence-electron chi connectivity index (χ0n) is 35.0. The number of amides is 3. The van der Waals surface area contributed by atoms with Crippen LogP contribution in [0.4, 0.5) is 0 Å². The molecule has 7 heteroatoms. The summed E-state index contributed by atoms with van der Waals surface area (Å²) in [5, 5.41) is 6.29.